The van der Waals surface area contributed by atoms with E-state index in [1.54, 1.807) is 24.4 Å². The summed E-state index contributed by atoms with van der Waals surface area (Å²) >= 11 is 0. The van der Waals surface area contributed by atoms with Crippen LogP contribution in [-0.2, 0) is 11.2 Å². The minimum absolute atomic E-state index is 0.0617. The van der Waals surface area contributed by atoms with Crippen LogP contribution in [0.4, 0.5) is 13.2 Å². The van der Waals surface area contributed by atoms with Crippen molar-refractivity contribution in [2.24, 2.45) is 0 Å². The second kappa shape index (κ2) is 8.82. The van der Waals surface area contributed by atoms with Crippen molar-refractivity contribution in [2.75, 3.05) is 6.54 Å². The van der Waals surface area contributed by atoms with Gasteiger partial charge in [-0.25, -0.2) is 4.79 Å². The van der Waals surface area contributed by atoms with Crippen LogP contribution in [0.2, 0.25) is 0 Å². The fraction of sp³-hybridized carbons (Fsp3) is 0.143. The smallest absolute Gasteiger partial charge is 0.475 e. The number of aliphatic carboxylic acids is 1. The molecule has 0 fully saturated rings. The van der Waals surface area contributed by atoms with E-state index in [0.29, 0.717) is 23.4 Å². The van der Waals surface area contributed by atoms with Gasteiger partial charge in [0.05, 0.1) is 5.56 Å². The predicted octanol–water partition coefficient (Wildman–Crippen LogP) is 3.23. The Hall–Kier alpha value is -3.95. The number of pyridine rings is 1. The molecule has 3 N–H and O–H groups in total. The third-order valence-corrected chi connectivity index (χ3v) is 4.39. The molecule has 3 aromatic rings. The summed E-state index contributed by atoms with van der Waals surface area (Å²) in [4.78, 5) is 40.8. The van der Waals surface area contributed by atoms with Crippen molar-refractivity contribution < 1.29 is 32.7 Å². The second-order valence-corrected chi connectivity index (χ2v) is 6.51. The minimum atomic E-state index is -5.08. The Balaban J connectivity index is 0.000000339. The van der Waals surface area contributed by atoms with Crippen LogP contribution in [0.25, 0.3) is 11.3 Å². The Labute approximate surface area is 173 Å². The summed E-state index contributed by atoms with van der Waals surface area (Å²) in [5.41, 5.74) is 4.25. The van der Waals surface area contributed by atoms with E-state index in [1.165, 1.54) is 0 Å². The molecule has 0 saturated carbocycles. The van der Waals surface area contributed by atoms with Crippen LogP contribution in [0.1, 0.15) is 32.1 Å². The maximum atomic E-state index is 12.5. The lowest BCUT2D eigenvalue weighted by molar-refractivity contribution is -0.192. The van der Waals surface area contributed by atoms with Gasteiger partial charge in [-0.15, -0.1) is 0 Å². The third kappa shape index (κ3) is 5.16. The van der Waals surface area contributed by atoms with E-state index in [0.717, 1.165) is 23.4 Å². The van der Waals surface area contributed by atoms with E-state index in [2.05, 4.69) is 15.3 Å². The number of hydrogen-bond donors (Lipinski definition) is 3. The summed E-state index contributed by atoms with van der Waals surface area (Å²) < 4.78 is 31.7. The summed E-state index contributed by atoms with van der Waals surface area (Å²) in [6.07, 6.45) is -2.69. The first-order valence-corrected chi connectivity index (χ1v) is 9.03. The van der Waals surface area contributed by atoms with Crippen LogP contribution < -0.4 is 5.32 Å². The SMILES string of the molecule is O=C(O)C(F)(F)F.O=C(c1ccccc1)c1cc(-c2cc3c([nH]2)CCNC3=O)ccn1. The Morgan fingerprint density at radius 1 is 1.06 bits per heavy atom. The third-order valence-electron chi connectivity index (χ3n) is 4.39. The van der Waals surface area contributed by atoms with Crippen molar-refractivity contribution in [2.45, 2.75) is 12.6 Å². The summed E-state index contributed by atoms with van der Waals surface area (Å²) in [6, 6.07) is 14.5. The van der Waals surface area contributed by atoms with Crippen LogP contribution in [0, 0.1) is 0 Å². The number of rotatable bonds is 3. The number of ketones is 1. The molecule has 0 radical (unpaired) electrons. The molecule has 3 heterocycles. The number of halogens is 3. The Kier molecular flexibility index (Phi) is 6.19. The first-order chi connectivity index (χ1) is 14.7. The van der Waals surface area contributed by atoms with Crippen molar-refractivity contribution in [3.05, 3.63) is 77.2 Å². The van der Waals surface area contributed by atoms with Crippen LogP contribution in [-0.4, -0.2) is 45.5 Å². The van der Waals surface area contributed by atoms with Gasteiger partial charge in [-0.2, -0.15) is 13.2 Å². The summed E-state index contributed by atoms with van der Waals surface area (Å²) in [7, 11) is 0. The van der Waals surface area contributed by atoms with Gasteiger partial charge in [0.15, 0.2) is 0 Å². The lowest BCUT2D eigenvalue weighted by Crippen LogP contribution is -2.31. The molecule has 4 rings (SSSR count). The van der Waals surface area contributed by atoms with E-state index >= 15 is 0 Å². The fourth-order valence-electron chi connectivity index (χ4n) is 2.91. The molecule has 1 amide bonds. The molecule has 0 atom stereocenters. The molecule has 10 heteroatoms. The number of nitrogens with zero attached hydrogens (tertiary/aromatic N) is 1. The first kappa shape index (κ1) is 21.8. The number of carbonyl (C=O) groups is 3. The number of H-pyrrole nitrogens is 1. The number of amides is 1. The van der Waals surface area contributed by atoms with E-state index in [4.69, 9.17) is 9.90 Å². The topological polar surface area (TPSA) is 112 Å². The molecule has 0 saturated heterocycles. The van der Waals surface area contributed by atoms with Crippen LogP contribution in [0.15, 0.2) is 54.7 Å². The molecule has 31 heavy (non-hydrogen) atoms. The highest BCUT2D eigenvalue weighted by atomic mass is 19.4. The highest BCUT2D eigenvalue weighted by molar-refractivity contribution is 6.08. The zero-order valence-corrected chi connectivity index (χ0v) is 15.9. The predicted molar refractivity (Wildman–Crippen MR) is 104 cm³/mol. The second-order valence-electron chi connectivity index (χ2n) is 6.51. The van der Waals surface area contributed by atoms with E-state index in [-0.39, 0.29) is 11.7 Å². The number of aromatic nitrogens is 2. The van der Waals surface area contributed by atoms with Crippen molar-refractivity contribution in [3.63, 3.8) is 0 Å². The maximum Gasteiger partial charge on any atom is 0.490 e. The minimum Gasteiger partial charge on any atom is -0.475 e. The number of fused-ring (bicyclic) bond motifs is 1. The standard InChI is InChI=1S/C19H15N3O2.C2HF3O2/c23-18(12-4-2-1-3-5-12)17-10-13(6-8-20-17)16-11-14-15(22-16)7-9-21-19(14)24;3-2(4,5)1(6)7/h1-6,8,10-11,22H,7,9H2,(H,21,24);(H,6,7). The van der Waals surface area contributed by atoms with Crippen LogP contribution in [0.5, 0.6) is 0 Å². The number of aromatic amines is 1. The molecule has 0 spiro atoms. The molecule has 1 aliphatic rings. The molecule has 1 aromatic carbocycles. The highest BCUT2D eigenvalue weighted by Gasteiger charge is 2.38. The molecule has 160 valence electrons. The first-order valence-electron chi connectivity index (χ1n) is 9.03. The molecule has 0 aliphatic carbocycles. The number of carboxylic acids is 1. The van der Waals surface area contributed by atoms with Gasteiger partial charge < -0.3 is 15.4 Å². The summed E-state index contributed by atoms with van der Waals surface area (Å²) in [6.45, 7) is 0.639. The fourth-order valence-corrected chi connectivity index (χ4v) is 2.91. The van der Waals surface area contributed by atoms with E-state index < -0.39 is 12.1 Å². The van der Waals surface area contributed by atoms with Crippen molar-refractivity contribution in [1.29, 1.82) is 0 Å². The summed E-state index contributed by atoms with van der Waals surface area (Å²) in [5.74, 6) is -2.94. The number of benzene rings is 1. The number of alkyl halides is 3. The van der Waals surface area contributed by atoms with Crippen LogP contribution in [0.3, 0.4) is 0 Å². The molecule has 2 aromatic heterocycles. The van der Waals surface area contributed by atoms with Gasteiger partial charge in [0.1, 0.15) is 5.69 Å². The number of hydrogen-bond acceptors (Lipinski definition) is 4. The lowest BCUT2D eigenvalue weighted by Gasteiger charge is -2.10. The average molecular weight is 431 g/mol. The molecular weight excluding hydrogens is 415 g/mol. The quantitative estimate of drug-likeness (QED) is 0.552. The van der Waals surface area contributed by atoms with Crippen LogP contribution >= 0.6 is 0 Å². The van der Waals surface area contributed by atoms with E-state index in [1.807, 2.05) is 30.3 Å². The number of nitrogens with one attached hydrogen (secondary N) is 2. The Morgan fingerprint density at radius 3 is 2.35 bits per heavy atom. The monoisotopic (exact) mass is 431 g/mol. The van der Waals surface area contributed by atoms with Gasteiger partial charge in [0, 0.05) is 41.7 Å². The lowest BCUT2D eigenvalue weighted by atomic mass is 10.0. The van der Waals surface area contributed by atoms with Gasteiger partial charge in [-0.3, -0.25) is 14.6 Å². The van der Waals surface area contributed by atoms with Gasteiger partial charge in [0.2, 0.25) is 5.78 Å². The van der Waals surface area contributed by atoms with E-state index in [9.17, 15) is 22.8 Å². The molecular formula is C21H16F3N3O4. The number of carboxylic acid groups (broad SMARTS) is 1. The average Bonchev–Trinajstić information content (AvgIpc) is 3.20. The Morgan fingerprint density at radius 2 is 1.74 bits per heavy atom. The normalized spacial score (nSPS) is 12.8. The molecule has 1 aliphatic heterocycles. The van der Waals surface area contributed by atoms with Crippen molar-refractivity contribution in [1.82, 2.24) is 15.3 Å². The molecule has 0 unspecified atom stereocenters. The summed E-state index contributed by atoms with van der Waals surface area (Å²) in [5, 5.41) is 9.95. The zero-order valence-electron chi connectivity index (χ0n) is 15.9. The largest absolute Gasteiger partial charge is 0.490 e. The molecule has 7 nitrogen and oxygen atoms in total. The van der Waals surface area contributed by atoms with Gasteiger partial charge in [-0.1, -0.05) is 30.3 Å². The van der Waals surface area contributed by atoms with Gasteiger partial charge in [-0.05, 0) is 18.2 Å². The van der Waals surface area contributed by atoms with Crippen molar-refractivity contribution >= 4 is 17.7 Å². The van der Waals surface area contributed by atoms with Crippen molar-refractivity contribution in [3.8, 4) is 11.3 Å². The Bertz CT molecular complexity index is 1120. The highest BCUT2D eigenvalue weighted by Crippen LogP contribution is 2.24. The van der Waals surface area contributed by atoms with Gasteiger partial charge in [0.25, 0.3) is 5.91 Å². The van der Waals surface area contributed by atoms with Gasteiger partial charge >= 0.3 is 12.1 Å². The molecule has 0 bridgehead atoms. The zero-order chi connectivity index (χ0) is 22.6. The number of carbonyl (C=O) groups excluding carboxylic acids is 2. The maximum absolute atomic E-state index is 12.5.